The predicted molar refractivity (Wildman–Crippen MR) is 127 cm³/mol. The van der Waals surface area contributed by atoms with Gasteiger partial charge >= 0.3 is 0 Å². The normalized spacial score (nSPS) is 14.6. The van der Waals surface area contributed by atoms with Crippen LogP contribution in [0.25, 0.3) is 10.2 Å². The molecule has 0 radical (unpaired) electrons. The van der Waals surface area contributed by atoms with Gasteiger partial charge in [-0.2, -0.15) is 0 Å². The fourth-order valence-electron chi connectivity index (χ4n) is 4.44. The van der Waals surface area contributed by atoms with Gasteiger partial charge in [0.05, 0.1) is 31.0 Å². The average molecular weight is 447 g/mol. The number of nitrogens with zero attached hydrogens (tertiary/aromatic N) is 2. The van der Waals surface area contributed by atoms with Crippen LogP contribution < -0.4 is 5.56 Å². The Morgan fingerprint density at radius 1 is 1.00 bits per heavy atom. The van der Waals surface area contributed by atoms with E-state index in [2.05, 4.69) is 4.98 Å². The molecule has 1 aliphatic rings. The van der Waals surface area contributed by atoms with E-state index in [0.717, 1.165) is 40.6 Å². The van der Waals surface area contributed by atoms with Crippen LogP contribution in [0.15, 0.2) is 71.8 Å². The van der Waals surface area contributed by atoms with E-state index in [1.54, 1.807) is 17.7 Å². The minimum absolute atomic E-state index is 0.0591. The number of aliphatic hydroxyl groups excluding tert-OH is 1. The molecule has 0 saturated heterocycles. The van der Waals surface area contributed by atoms with E-state index >= 15 is 0 Å². The van der Waals surface area contributed by atoms with Crippen molar-refractivity contribution in [3.8, 4) is 0 Å². The van der Waals surface area contributed by atoms with E-state index in [-0.39, 0.29) is 24.8 Å². The summed E-state index contributed by atoms with van der Waals surface area (Å²) in [7, 11) is 0. The molecular weight excluding hydrogens is 420 g/mol. The van der Waals surface area contributed by atoms with E-state index in [1.165, 1.54) is 21.4 Å². The van der Waals surface area contributed by atoms with Crippen LogP contribution in [0.5, 0.6) is 0 Å². The maximum atomic E-state index is 13.2. The zero-order valence-corrected chi connectivity index (χ0v) is 18.6. The number of rotatable bonds is 7. The zero-order chi connectivity index (χ0) is 21.9. The Morgan fingerprint density at radius 2 is 1.66 bits per heavy atom. The molecule has 2 aromatic heterocycles. The largest absolute Gasteiger partial charge is 0.389 e. The van der Waals surface area contributed by atoms with Crippen molar-refractivity contribution in [3.63, 3.8) is 0 Å². The maximum absolute atomic E-state index is 13.2. The molecule has 0 aliphatic heterocycles. The number of fused-ring (bicyclic) bond motifs is 3. The molecule has 4 aromatic rings. The fourth-order valence-corrected chi connectivity index (χ4v) is 5.66. The quantitative estimate of drug-likeness (QED) is 0.454. The third-order valence-corrected chi connectivity index (χ3v) is 7.21. The molecule has 1 N–H and O–H groups in total. The molecule has 1 atom stereocenters. The number of aromatic nitrogens is 2. The van der Waals surface area contributed by atoms with Crippen LogP contribution in [0.4, 0.5) is 0 Å². The molecule has 0 fully saturated rings. The zero-order valence-electron chi connectivity index (χ0n) is 17.8. The van der Waals surface area contributed by atoms with Gasteiger partial charge in [-0.1, -0.05) is 60.7 Å². The van der Waals surface area contributed by atoms with Crippen molar-refractivity contribution >= 4 is 21.6 Å². The number of thiophene rings is 1. The lowest BCUT2D eigenvalue weighted by Crippen LogP contribution is -2.30. The van der Waals surface area contributed by atoms with Crippen molar-refractivity contribution in [2.24, 2.45) is 0 Å². The van der Waals surface area contributed by atoms with Gasteiger partial charge in [0.15, 0.2) is 0 Å². The average Bonchev–Trinajstić information content (AvgIpc) is 3.22. The second-order valence-electron chi connectivity index (χ2n) is 8.28. The molecular formula is C26H26N2O3S. The first-order chi connectivity index (χ1) is 15.7. The highest BCUT2D eigenvalue weighted by Crippen LogP contribution is 2.33. The van der Waals surface area contributed by atoms with Crippen LogP contribution in [-0.4, -0.2) is 27.4 Å². The van der Waals surface area contributed by atoms with Crippen LogP contribution >= 0.6 is 11.3 Å². The van der Waals surface area contributed by atoms with Crippen LogP contribution in [0, 0.1) is 0 Å². The molecule has 2 heterocycles. The van der Waals surface area contributed by atoms with Crippen LogP contribution in [0.2, 0.25) is 0 Å². The summed E-state index contributed by atoms with van der Waals surface area (Å²) in [5.41, 5.74) is 3.16. The van der Waals surface area contributed by atoms with E-state index in [1.807, 2.05) is 60.7 Å². The number of aliphatic hydroxyl groups is 1. The lowest BCUT2D eigenvalue weighted by molar-refractivity contribution is -0.000984. The Bertz CT molecular complexity index is 1210. The molecule has 5 rings (SSSR count). The minimum atomic E-state index is -0.823. The van der Waals surface area contributed by atoms with E-state index in [9.17, 15) is 9.90 Å². The first kappa shape index (κ1) is 21.1. The molecule has 5 nitrogen and oxygen atoms in total. The molecule has 6 heteroatoms. The van der Waals surface area contributed by atoms with Gasteiger partial charge in [0.1, 0.15) is 10.9 Å². The molecule has 0 amide bonds. The van der Waals surface area contributed by atoms with Crippen molar-refractivity contribution in [2.75, 3.05) is 6.61 Å². The van der Waals surface area contributed by atoms with Gasteiger partial charge in [0, 0.05) is 4.88 Å². The second-order valence-corrected chi connectivity index (χ2v) is 9.37. The third-order valence-electron chi connectivity index (χ3n) is 6.01. The van der Waals surface area contributed by atoms with Crippen LogP contribution in [0.3, 0.4) is 0 Å². The summed E-state index contributed by atoms with van der Waals surface area (Å²) in [4.78, 5) is 19.8. The highest BCUT2D eigenvalue weighted by Gasteiger charge is 2.21. The van der Waals surface area contributed by atoms with Gasteiger partial charge < -0.3 is 9.84 Å². The van der Waals surface area contributed by atoms with Crippen molar-refractivity contribution in [1.82, 2.24) is 9.55 Å². The number of aryl methyl sites for hydroxylation is 2. The Morgan fingerprint density at radius 3 is 2.34 bits per heavy atom. The summed E-state index contributed by atoms with van der Waals surface area (Å²) in [6.45, 7) is 0.267. The van der Waals surface area contributed by atoms with Gasteiger partial charge in [-0.3, -0.25) is 9.36 Å². The lowest BCUT2D eigenvalue weighted by Gasteiger charge is -2.21. The first-order valence-electron chi connectivity index (χ1n) is 11.1. The lowest BCUT2D eigenvalue weighted by atomic mass is 9.97. The van der Waals surface area contributed by atoms with E-state index in [0.29, 0.717) is 0 Å². The number of ether oxygens (including phenoxy) is 1. The molecule has 0 unspecified atom stereocenters. The highest BCUT2D eigenvalue weighted by molar-refractivity contribution is 7.18. The monoisotopic (exact) mass is 446 g/mol. The van der Waals surface area contributed by atoms with Crippen LogP contribution in [-0.2, 0) is 24.1 Å². The number of hydrogen-bond acceptors (Lipinski definition) is 5. The fraction of sp³-hybridized carbons (Fsp3) is 0.308. The van der Waals surface area contributed by atoms with Crippen molar-refractivity contribution in [2.45, 2.75) is 44.4 Å². The molecule has 1 aliphatic carbocycles. The standard InChI is InChI=1S/C26H26N2O3S/c29-20(16-31-24(18-9-3-1-4-10-18)19-11-5-2-6-12-19)15-28-17-27-25-23(26(28)30)21-13-7-8-14-22(21)32-25/h1-6,9-12,17,20,24,29H,7-8,13-16H2/t20-/m0/s1. The van der Waals surface area contributed by atoms with E-state index < -0.39 is 6.10 Å². The Labute approximate surface area is 190 Å². The minimum Gasteiger partial charge on any atom is -0.389 e. The summed E-state index contributed by atoms with van der Waals surface area (Å²) in [5, 5.41) is 11.5. The molecule has 0 spiro atoms. The van der Waals surface area contributed by atoms with Gasteiger partial charge in [-0.25, -0.2) is 4.98 Å². The van der Waals surface area contributed by atoms with Crippen LogP contribution in [0.1, 0.15) is 40.5 Å². The maximum Gasteiger partial charge on any atom is 0.262 e. The van der Waals surface area contributed by atoms with Gasteiger partial charge in [0.2, 0.25) is 0 Å². The summed E-state index contributed by atoms with van der Waals surface area (Å²) >= 11 is 1.64. The number of hydrogen-bond donors (Lipinski definition) is 1. The summed E-state index contributed by atoms with van der Waals surface area (Å²) < 4.78 is 7.69. The first-order valence-corrected chi connectivity index (χ1v) is 11.9. The molecule has 164 valence electrons. The van der Waals surface area contributed by atoms with Crippen molar-refractivity contribution in [3.05, 3.63) is 98.9 Å². The predicted octanol–water partition coefficient (Wildman–Crippen LogP) is 4.50. The highest BCUT2D eigenvalue weighted by atomic mass is 32.1. The van der Waals surface area contributed by atoms with Crippen molar-refractivity contribution in [1.29, 1.82) is 0 Å². The van der Waals surface area contributed by atoms with Gasteiger partial charge in [-0.05, 0) is 42.4 Å². The molecule has 2 aromatic carbocycles. The summed E-state index contributed by atoms with van der Waals surface area (Å²) in [6.07, 6.45) is 4.72. The Balaban J connectivity index is 1.34. The Hall–Kier alpha value is -2.80. The van der Waals surface area contributed by atoms with E-state index in [4.69, 9.17) is 4.74 Å². The smallest absolute Gasteiger partial charge is 0.262 e. The Kier molecular flexibility index (Phi) is 6.17. The number of benzene rings is 2. The second kappa shape index (κ2) is 9.36. The van der Waals surface area contributed by atoms with Gasteiger partial charge in [-0.15, -0.1) is 11.3 Å². The SMILES string of the molecule is O=c1c2c3c(sc2ncn1C[C@H](O)COC(c1ccccc1)c1ccccc1)CCCC3. The summed E-state index contributed by atoms with van der Waals surface area (Å²) in [6, 6.07) is 19.9. The van der Waals surface area contributed by atoms with Gasteiger partial charge in [0.25, 0.3) is 5.56 Å². The summed E-state index contributed by atoms with van der Waals surface area (Å²) in [5.74, 6) is 0. The molecule has 0 bridgehead atoms. The molecule has 0 saturated carbocycles. The molecule has 32 heavy (non-hydrogen) atoms. The third kappa shape index (κ3) is 4.26. The van der Waals surface area contributed by atoms with Crippen molar-refractivity contribution < 1.29 is 9.84 Å². The topological polar surface area (TPSA) is 64.4 Å².